The van der Waals surface area contributed by atoms with E-state index in [4.69, 9.17) is 16.3 Å². The summed E-state index contributed by atoms with van der Waals surface area (Å²) in [6.07, 6.45) is -5.32. The zero-order valence-electron chi connectivity index (χ0n) is 65.4. The number of rotatable bonds is 13. The SMILES string of the molecule is CCCN1C(=O)[C@@H]2CCN2C(=O)[C@@H]2[C@@H](C)CN2C(=O)[C@H]([C@@H](C)CC)NC(=O)[C@H](CC(C)C)N(C)C(=O)C[C@@H](C(=O)N2CCOCC2)N(C)C(=O)[C@H](C2CCCC2)N(C)C(=O)C2(CCCC2)NC(=O)[C@@H]2CCCN2C(=O)[C@H](CCC2CCC(C(F)(F)F)C(Cl)C2)NC(=O)CN(C)C(=O)[C@@H]1CC1CCC(C(F)(F)F)CC1. The Morgan fingerprint density at radius 2 is 1.27 bits per heavy atom. The van der Waals surface area contributed by atoms with Crippen LogP contribution in [0.5, 0.6) is 0 Å². The van der Waals surface area contributed by atoms with Crippen molar-refractivity contribution in [3.05, 3.63) is 0 Å². The third-order valence-corrected chi connectivity index (χ3v) is 26.1. The number of fused-ring (bicyclic) bond motifs is 3. The third kappa shape index (κ3) is 19.9. The highest BCUT2D eigenvalue weighted by atomic mass is 35.5. The third-order valence-electron chi connectivity index (χ3n) is 25.6. The molecule has 5 aliphatic heterocycles. The Balaban J connectivity index is 1.10. The van der Waals surface area contributed by atoms with E-state index in [0.29, 0.717) is 51.4 Å². The van der Waals surface area contributed by atoms with Gasteiger partial charge in [0.25, 0.3) is 0 Å². The van der Waals surface area contributed by atoms with Crippen molar-refractivity contribution in [2.75, 3.05) is 87.2 Å². The number of morpholine rings is 1. The fourth-order valence-electron chi connectivity index (χ4n) is 18.7. The predicted octanol–water partition coefficient (Wildman–Crippen LogP) is 7.04. The first-order chi connectivity index (χ1) is 51.4. The number of carbonyl (C=O) groups is 12. The Kier molecular flexibility index (Phi) is 29.3. The average Bonchev–Trinajstić information content (AvgIpc) is 1.29. The minimum Gasteiger partial charge on any atom is -0.378 e. The Morgan fingerprint density at radius 3 is 1.84 bits per heavy atom. The van der Waals surface area contributed by atoms with Gasteiger partial charge in [-0.25, -0.2) is 0 Å². The standard InChI is InChI=1S/C77H119ClF6N12O13/c1-11-32-93-59(41-49-21-25-51(26-22-49)76(79,80)81)68(102)88(7)44-60(97)85-54(28-24-48-23-27-52(53(78)40-48)77(82,83)84)67(101)94-33-17-20-55(94)66(100)87-75(30-15-16-31-75)74(108)91(10)64(50-18-13-14-19-50)72(106)90(9)58(69(103)92-35-37-109-38-36-92)42-61(98)89(8)57(39-45(3)4)65(99)86-62(46(5)12-2)71(105)96-43-47(6)63(96)73(107)95-34-29-56(95)70(93)104/h45-59,62-64H,11-44H2,1-10H3,(H,85,97)(H,86,99)(H,87,100)/t46-,47-,48?,49?,51?,52?,53?,54-,55-,56-,57-,58-,59-,62-,63-,64-/m0/s1. The largest absolute Gasteiger partial charge is 0.393 e. The summed E-state index contributed by atoms with van der Waals surface area (Å²) < 4.78 is 90.4. The molecule has 3 N–H and O–H groups in total. The summed E-state index contributed by atoms with van der Waals surface area (Å²) in [6, 6.07) is -11.5. The van der Waals surface area contributed by atoms with E-state index in [0.717, 1.165) is 4.90 Å². The van der Waals surface area contributed by atoms with Crippen LogP contribution in [0.3, 0.4) is 0 Å². The van der Waals surface area contributed by atoms with Crippen LogP contribution >= 0.6 is 11.6 Å². The molecule has 0 aromatic heterocycles. The van der Waals surface area contributed by atoms with Crippen molar-refractivity contribution in [1.82, 2.24) is 60.0 Å². The van der Waals surface area contributed by atoms with Gasteiger partial charge in [-0.1, -0.05) is 73.6 Å². The zero-order chi connectivity index (χ0) is 79.9. The van der Waals surface area contributed by atoms with Crippen molar-refractivity contribution in [2.24, 2.45) is 47.3 Å². The summed E-state index contributed by atoms with van der Waals surface area (Å²) in [5, 5.41) is 7.55. The number of carbonyl (C=O) groups excluding carboxylic acids is 12. The molecule has 4 aliphatic carbocycles. The van der Waals surface area contributed by atoms with E-state index in [2.05, 4.69) is 16.0 Å². The predicted molar refractivity (Wildman–Crippen MR) is 391 cm³/mol. The lowest BCUT2D eigenvalue weighted by molar-refractivity contribution is -0.184. The molecule has 0 aromatic rings. The molecular formula is C77H119ClF6N12O13. The highest BCUT2D eigenvalue weighted by Crippen LogP contribution is 2.46. The van der Waals surface area contributed by atoms with Crippen LogP contribution in [0, 0.1) is 47.3 Å². The van der Waals surface area contributed by atoms with Gasteiger partial charge in [0.2, 0.25) is 70.9 Å². The zero-order valence-corrected chi connectivity index (χ0v) is 66.2. The number of likely N-dealkylation sites (N-methyl/N-ethyl adjacent to an activating group) is 4. The first kappa shape index (κ1) is 86.5. The molecule has 0 radical (unpaired) electrons. The van der Waals surface area contributed by atoms with Crippen LogP contribution in [0.25, 0.3) is 0 Å². The summed E-state index contributed by atoms with van der Waals surface area (Å²) in [7, 11) is 5.64. The molecule has 9 fully saturated rings. The van der Waals surface area contributed by atoms with Crippen molar-refractivity contribution in [1.29, 1.82) is 0 Å². The molecule has 25 nitrogen and oxygen atoms in total. The van der Waals surface area contributed by atoms with Crippen LogP contribution in [0.15, 0.2) is 0 Å². The minimum absolute atomic E-state index is 0.00835. The van der Waals surface area contributed by atoms with Crippen LogP contribution in [-0.4, -0.2) is 280 Å². The number of nitrogens with zero attached hydrogens (tertiary/aromatic N) is 9. The fourth-order valence-corrected chi connectivity index (χ4v) is 19.3. The molecule has 0 aromatic carbocycles. The van der Waals surface area contributed by atoms with Gasteiger partial charge in [-0.15, -0.1) is 11.6 Å². The molecule has 614 valence electrons. The summed E-state index contributed by atoms with van der Waals surface area (Å²) in [5.74, 6) is -13.9. The van der Waals surface area contributed by atoms with Gasteiger partial charge in [-0.3, -0.25) is 57.5 Å². The summed E-state index contributed by atoms with van der Waals surface area (Å²) in [4.78, 5) is 195. The van der Waals surface area contributed by atoms with Gasteiger partial charge in [0.15, 0.2) is 0 Å². The van der Waals surface area contributed by atoms with Crippen LogP contribution in [0.2, 0.25) is 0 Å². The smallest absolute Gasteiger partial charge is 0.378 e. The molecule has 1 spiro atoms. The van der Waals surface area contributed by atoms with E-state index >= 15 is 52.7 Å². The Bertz CT molecular complexity index is 3270. The molecule has 3 unspecified atom stereocenters. The van der Waals surface area contributed by atoms with Crippen molar-refractivity contribution in [3.8, 4) is 0 Å². The number of alkyl halides is 7. The van der Waals surface area contributed by atoms with E-state index in [1.165, 1.54) is 67.4 Å². The maximum absolute atomic E-state index is 15.8. The number of nitrogens with one attached hydrogen (secondary N) is 3. The fraction of sp³-hybridized carbons (Fsp3) is 0.844. The van der Waals surface area contributed by atoms with Crippen molar-refractivity contribution in [2.45, 2.75) is 280 Å². The van der Waals surface area contributed by atoms with Gasteiger partial charge in [0.05, 0.1) is 38.0 Å². The van der Waals surface area contributed by atoms with E-state index in [9.17, 15) is 31.1 Å². The quantitative estimate of drug-likeness (QED) is 0.123. The molecule has 5 saturated heterocycles. The highest BCUT2D eigenvalue weighted by Gasteiger charge is 2.56. The molecule has 14 atom stereocenters. The first-order valence-electron chi connectivity index (χ1n) is 40.2. The Labute approximate surface area is 642 Å². The van der Waals surface area contributed by atoms with Gasteiger partial charge < -0.3 is 64.8 Å². The molecule has 9 rings (SSSR count). The van der Waals surface area contributed by atoms with Gasteiger partial charge in [-0.2, -0.15) is 26.3 Å². The topological polar surface area (TPSA) is 279 Å². The minimum atomic E-state index is -4.55. The monoisotopic (exact) mass is 1570 g/mol. The number of hydrogen-bond donors (Lipinski definition) is 3. The van der Waals surface area contributed by atoms with Crippen molar-refractivity contribution >= 4 is 82.5 Å². The molecule has 0 bridgehead atoms. The maximum Gasteiger partial charge on any atom is 0.393 e. The summed E-state index contributed by atoms with van der Waals surface area (Å²) in [6.45, 7) is 10.9. The van der Waals surface area contributed by atoms with Crippen LogP contribution in [-0.2, 0) is 62.3 Å². The molecule has 32 heteroatoms. The first-order valence-corrected chi connectivity index (χ1v) is 40.7. The van der Waals surface area contributed by atoms with Crippen molar-refractivity contribution < 1.29 is 88.6 Å². The second-order valence-electron chi connectivity index (χ2n) is 33.5. The lowest BCUT2D eigenvalue weighted by Gasteiger charge is -2.52. The summed E-state index contributed by atoms with van der Waals surface area (Å²) >= 11 is 6.43. The van der Waals surface area contributed by atoms with E-state index < -0.39 is 203 Å². The second kappa shape index (κ2) is 37.0. The van der Waals surface area contributed by atoms with E-state index in [-0.39, 0.29) is 161 Å². The van der Waals surface area contributed by atoms with Gasteiger partial charge >= 0.3 is 12.4 Å². The lowest BCUT2D eigenvalue weighted by Crippen LogP contribution is -2.71. The second-order valence-corrected chi connectivity index (χ2v) is 34.1. The van der Waals surface area contributed by atoms with Gasteiger partial charge in [-0.05, 0) is 152 Å². The highest BCUT2D eigenvalue weighted by molar-refractivity contribution is 6.21. The van der Waals surface area contributed by atoms with Crippen LogP contribution in [0.1, 0.15) is 202 Å². The number of amides is 12. The number of halogens is 7. The average molecular weight is 1570 g/mol. The van der Waals surface area contributed by atoms with Crippen molar-refractivity contribution in [3.63, 3.8) is 0 Å². The van der Waals surface area contributed by atoms with Crippen LogP contribution < -0.4 is 16.0 Å². The van der Waals surface area contributed by atoms with E-state index in [1.807, 2.05) is 20.8 Å². The number of ether oxygens (including phenoxy) is 1. The Morgan fingerprint density at radius 1 is 0.624 bits per heavy atom. The maximum atomic E-state index is 15.8. The van der Waals surface area contributed by atoms with Gasteiger partial charge in [0.1, 0.15) is 59.9 Å². The Hall–Kier alpha value is -6.53. The number of hydrogen-bond acceptors (Lipinski definition) is 13. The van der Waals surface area contributed by atoms with Gasteiger partial charge in [0, 0.05) is 78.8 Å². The lowest BCUT2D eigenvalue weighted by atomic mass is 9.78. The summed E-state index contributed by atoms with van der Waals surface area (Å²) in [5.41, 5.74) is -1.61. The normalized spacial score (nSPS) is 32.7. The molecule has 9 aliphatic rings. The van der Waals surface area contributed by atoms with E-state index in [1.54, 1.807) is 20.8 Å². The molecule has 4 saturated carbocycles. The molecule has 5 heterocycles. The van der Waals surface area contributed by atoms with Crippen LogP contribution in [0.4, 0.5) is 26.3 Å². The molecule has 109 heavy (non-hydrogen) atoms. The molecule has 12 amide bonds. The molecular weight excluding hydrogens is 1450 g/mol.